The molecule has 1 unspecified atom stereocenters. The van der Waals surface area contributed by atoms with E-state index >= 15 is 0 Å². The van der Waals surface area contributed by atoms with Gasteiger partial charge in [0.1, 0.15) is 11.6 Å². The second kappa shape index (κ2) is 6.79. The summed E-state index contributed by atoms with van der Waals surface area (Å²) in [5.41, 5.74) is 2.82. The summed E-state index contributed by atoms with van der Waals surface area (Å²) in [5, 5.41) is 0. The number of aryl methyl sites for hydroxylation is 1. The van der Waals surface area contributed by atoms with Gasteiger partial charge in [-0.05, 0) is 46.7 Å². The molecule has 2 aromatic rings. The first-order chi connectivity index (χ1) is 10.8. The van der Waals surface area contributed by atoms with E-state index in [1.807, 2.05) is 18.2 Å². The third kappa shape index (κ3) is 3.78. The first-order valence-corrected chi connectivity index (χ1v) is 7.89. The minimum absolute atomic E-state index is 0.167. The molecule has 0 aromatic heterocycles. The van der Waals surface area contributed by atoms with E-state index in [0.29, 0.717) is 5.56 Å². The summed E-state index contributed by atoms with van der Waals surface area (Å²) in [6, 6.07) is 9.41. The number of rotatable bonds is 4. The number of halogens is 2. The van der Waals surface area contributed by atoms with Crippen LogP contribution in [0.5, 0.6) is 0 Å². The predicted molar refractivity (Wildman–Crippen MR) is 90.4 cm³/mol. The highest BCUT2D eigenvalue weighted by molar-refractivity contribution is 5.69. The van der Waals surface area contributed by atoms with Crippen molar-refractivity contribution in [1.82, 2.24) is 0 Å². The zero-order valence-corrected chi connectivity index (χ0v) is 14.4. The van der Waals surface area contributed by atoms with Gasteiger partial charge in [0, 0.05) is 12.7 Å². The second-order valence-electron chi connectivity index (χ2n) is 6.88. The Labute approximate surface area is 137 Å². The zero-order valence-electron chi connectivity index (χ0n) is 14.4. The molecular formula is C20H24F2O. The molecule has 124 valence electrons. The van der Waals surface area contributed by atoms with E-state index in [1.54, 1.807) is 7.11 Å². The summed E-state index contributed by atoms with van der Waals surface area (Å²) < 4.78 is 33.6. The van der Waals surface area contributed by atoms with Crippen LogP contribution in [0.4, 0.5) is 8.78 Å². The molecule has 0 N–H and O–H groups in total. The normalized spacial score (nSPS) is 13.2. The molecule has 0 aliphatic carbocycles. The van der Waals surface area contributed by atoms with E-state index in [1.165, 1.54) is 12.1 Å². The van der Waals surface area contributed by atoms with Gasteiger partial charge in [0.2, 0.25) is 0 Å². The van der Waals surface area contributed by atoms with Crippen molar-refractivity contribution >= 4 is 0 Å². The molecule has 0 amide bonds. The van der Waals surface area contributed by atoms with Crippen LogP contribution in [0.2, 0.25) is 0 Å². The van der Waals surface area contributed by atoms with Crippen molar-refractivity contribution in [3.8, 4) is 11.1 Å². The van der Waals surface area contributed by atoms with Gasteiger partial charge in [0.25, 0.3) is 0 Å². The van der Waals surface area contributed by atoms with Crippen molar-refractivity contribution in [2.75, 3.05) is 7.11 Å². The average Bonchev–Trinajstić information content (AvgIpc) is 2.49. The Bertz CT molecular complexity index is 687. The monoisotopic (exact) mass is 318 g/mol. The van der Waals surface area contributed by atoms with Crippen LogP contribution in [0, 0.1) is 17.0 Å². The highest BCUT2D eigenvalue weighted by atomic mass is 19.1. The fraction of sp³-hybridized carbons (Fsp3) is 0.400. The molecule has 0 bridgehead atoms. The SMILES string of the molecule is CCc1ccc(-c2cc(F)ccc2F)c(C(OC)C(C)(C)C)c1. The van der Waals surface area contributed by atoms with Crippen molar-refractivity contribution in [2.24, 2.45) is 5.41 Å². The molecule has 0 spiro atoms. The lowest BCUT2D eigenvalue weighted by Gasteiger charge is -2.31. The van der Waals surface area contributed by atoms with Gasteiger partial charge < -0.3 is 4.74 Å². The largest absolute Gasteiger partial charge is 0.376 e. The lowest BCUT2D eigenvalue weighted by Crippen LogP contribution is -2.21. The highest BCUT2D eigenvalue weighted by Crippen LogP contribution is 2.41. The fourth-order valence-electron chi connectivity index (χ4n) is 2.95. The number of benzene rings is 2. The third-order valence-electron chi connectivity index (χ3n) is 4.05. The van der Waals surface area contributed by atoms with Crippen LogP contribution >= 0.6 is 0 Å². The molecule has 0 radical (unpaired) electrons. The minimum atomic E-state index is -0.448. The standard InChI is InChI=1S/C20H24F2O/c1-6-13-7-9-15(16-12-14(21)8-10-18(16)22)17(11-13)19(23-5)20(2,3)4/h7-12,19H,6H2,1-5H3. The van der Waals surface area contributed by atoms with Gasteiger partial charge >= 0.3 is 0 Å². The maximum atomic E-state index is 14.3. The molecule has 2 aromatic carbocycles. The van der Waals surface area contributed by atoms with Gasteiger partial charge in [-0.3, -0.25) is 0 Å². The summed E-state index contributed by atoms with van der Waals surface area (Å²) >= 11 is 0. The smallest absolute Gasteiger partial charge is 0.131 e. The first-order valence-electron chi connectivity index (χ1n) is 7.89. The highest BCUT2D eigenvalue weighted by Gasteiger charge is 2.29. The molecule has 1 nitrogen and oxygen atoms in total. The van der Waals surface area contributed by atoms with Crippen LogP contribution in [0.15, 0.2) is 36.4 Å². The van der Waals surface area contributed by atoms with Crippen molar-refractivity contribution in [2.45, 2.75) is 40.2 Å². The molecule has 1 atom stereocenters. The number of ether oxygens (including phenoxy) is 1. The van der Waals surface area contributed by atoms with E-state index in [4.69, 9.17) is 4.74 Å². The van der Waals surface area contributed by atoms with E-state index in [2.05, 4.69) is 27.7 Å². The van der Waals surface area contributed by atoms with Gasteiger partial charge in [-0.1, -0.05) is 45.9 Å². The van der Waals surface area contributed by atoms with Gasteiger partial charge in [-0.25, -0.2) is 8.78 Å². The molecule has 0 aliphatic heterocycles. The fourth-order valence-corrected chi connectivity index (χ4v) is 2.95. The van der Waals surface area contributed by atoms with Crippen LogP contribution < -0.4 is 0 Å². The van der Waals surface area contributed by atoms with Crippen molar-refractivity contribution in [3.05, 3.63) is 59.2 Å². The lowest BCUT2D eigenvalue weighted by atomic mass is 9.81. The van der Waals surface area contributed by atoms with Gasteiger partial charge in [0.05, 0.1) is 6.10 Å². The molecule has 0 heterocycles. The number of hydrogen-bond donors (Lipinski definition) is 0. The predicted octanol–water partition coefficient (Wildman–Crippen LogP) is 5.93. The average molecular weight is 318 g/mol. The first kappa shape index (κ1) is 17.6. The minimum Gasteiger partial charge on any atom is -0.376 e. The topological polar surface area (TPSA) is 9.23 Å². The Kier molecular flexibility index (Phi) is 5.20. The van der Waals surface area contributed by atoms with Crippen LogP contribution in [-0.4, -0.2) is 7.11 Å². The molecular weight excluding hydrogens is 294 g/mol. The Morgan fingerprint density at radius 2 is 1.70 bits per heavy atom. The lowest BCUT2D eigenvalue weighted by molar-refractivity contribution is 0.0155. The Balaban J connectivity index is 2.71. The van der Waals surface area contributed by atoms with Gasteiger partial charge in [-0.2, -0.15) is 0 Å². The number of hydrogen-bond acceptors (Lipinski definition) is 1. The van der Waals surface area contributed by atoms with E-state index in [-0.39, 0.29) is 17.1 Å². The maximum Gasteiger partial charge on any atom is 0.131 e. The zero-order chi connectivity index (χ0) is 17.2. The number of methoxy groups -OCH3 is 1. The molecule has 0 saturated heterocycles. The maximum absolute atomic E-state index is 14.3. The summed E-state index contributed by atoms with van der Waals surface area (Å²) in [7, 11) is 1.65. The summed E-state index contributed by atoms with van der Waals surface area (Å²) in [6.07, 6.45) is 0.658. The van der Waals surface area contributed by atoms with Gasteiger partial charge in [0.15, 0.2) is 0 Å². The third-order valence-corrected chi connectivity index (χ3v) is 4.05. The van der Waals surface area contributed by atoms with Crippen LogP contribution in [0.25, 0.3) is 11.1 Å². The summed E-state index contributed by atoms with van der Waals surface area (Å²) in [4.78, 5) is 0. The Morgan fingerprint density at radius 1 is 1.00 bits per heavy atom. The Hall–Kier alpha value is -1.74. The molecule has 3 heteroatoms. The van der Waals surface area contributed by atoms with E-state index < -0.39 is 11.6 Å². The summed E-state index contributed by atoms with van der Waals surface area (Å²) in [6.45, 7) is 8.29. The second-order valence-corrected chi connectivity index (χ2v) is 6.88. The Morgan fingerprint density at radius 3 is 2.26 bits per heavy atom. The molecule has 2 rings (SSSR count). The van der Waals surface area contributed by atoms with Crippen LogP contribution in [-0.2, 0) is 11.2 Å². The van der Waals surface area contributed by atoms with Crippen molar-refractivity contribution in [3.63, 3.8) is 0 Å². The molecule has 0 aliphatic rings. The van der Waals surface area contributed by atoms with E-state index in [0.717, 1.165) is 23.6 Å². The van der Waals surface area contributed by atoms with E-state index in [9.17, 15) is 8.78 Å². The van der Waals surface area contributed by atoms with Crippen LogP contribution in [0.3, 0.4) is 0 Å². The molecule has 0 saturated carbocycles. The summed E-state index contributed by atoms with van der Waals surface area (Å²) in [5.74, 6) is -0.877. The van der Waals surface area contributed by atoms with Crippen molar-refractivity contribution in [1.29, 1.82) is 0 Å². The quantitative estimate of drug-likeness (QED) is 0.679. The van der Waals surface area contributed by atoms with Crippen molar-refractivity contribution < 1.29 is 13.5 Å². The van der Waals surface area contributed by atoms with Gasteiger partial charge in [-0.15, -0.1) is 0 Å². The molecule has 0 fully saturated rings. The molecule has 23 heavy (non-hydrogen) atoms. The van der Waals surface area contributed by atoms with Crippen LogP contribution in [0.1, 0.15) is 44.9 Å².